The molecule has 0 atom stereocenters. The molecule has 178 valence electrons. The van der Waals surface area contributed by atoms with Crippen LogP contribution >= 0.6 is 0 Å². The zero-order valence-corrected chi connectivity index (χ0v) is 18.8. The fourth-order valence-corrected chi connectivity index (χ4v) is 3.82. The van der Waals surface area contributed by atoms with E-state index in [1.807, 2.05) is 6.92 Å². The summed E-state index contributed by atoms with van der Waals surface area (Å²) < 4.78 is 14.4. The van der Waals surface area contributed by atoms with Gasteiger partial charge in [-0.05, 0) is 43.0 Å². The zero-order valence-electron chi connectivity index (χ0n) is 18.8. The third-order valence-electron chi connectivity index (χ3n) is 5.67. The minimum Gasteiger partial charge on any atom is -0.354 e. The lowest BCUT2D eigenvalue weighted by Gasteiger charge is -2.13. The summed E-state index contributed by atoms with van der Waals surface area (Å²) in [7, 11) is 0. The van der Waals surface area contributed by atoms with Crippen LogP contribution in [0.15, 0.2) is 39.9 Å². The van der Waals surface area contributed by atoms with E-state index in [-0.39, 0.29) is 53.7 Å². The summed E-state index contributed by atoms with van der Waals surface area (Å²) in [6.45, 7) is 2.60. The summed E-state index contributed by atoms with van der Waals surface area (Å²) in [6, 6.07) is 7.29. The molecule has 1 aliphatic carbocycles. The highest BCUT2D eigenvalue weighted by molar-refractivity contribution is 6.05. The molecule has 1 saturated carbocycles. The number of carbonyl (C=O) groups excluding carboxylic acids is 2. The summed E-state index contributed by atoms with van der Waals surface area (Å²) in [6.07, 6.45) is 2.65. The van der Waals surface area contributed by atoms with Gasteiger partial charge in [-0.15, -0.1) is 0 Å². The Morgan fingerprint density at radius 1 is 1.15 bits per heavy atom. The molecule has 0 unspecified atom stereocenters. The molecule has 2 heterocycles. The van der Waals surface area contributed by atoms with Gasteiger partial charge in [0.2, 0.25) is 5.91 Å². The number of carbonyl (C=O) groups is 2. The maximum Gasteiger partial charge on any atom is 0.329 e. The first kappa shape index (κ1) is 23.3. The first-order chi connectivity index (χ1) is 16.4. The van der Waals surface area contributed by atoms with Gasteiger partial charge < -0.3 is 10.6 Å². The lowest BCUT2D eigenvalue weighted by Crippen LogP contribution is -2.37. The van der Waals surface area contributed by atoms with E-state index in [1.54, 1.807) is 18.2 Å². The Bertz CT molecular complexity index is 1340. The topological polar surface area (TPSA) is 126 Å². The van der Waals surface area contributed by atoms with Crippen LogP contribution in [0.1, 0.15) is 53.7 Å². The number of rotatable bonds is 9. The van der Waals surface area contributed by atoms with Crippen molar-refractivity contribution in [3.8, 4) is 0 Å². The standard InChI is InChI=1S/C24H26FN5O4/c1-2-11-30-21-20(23(33)29-24(30)34)17(13-18(28-21)15-5-6-15)22(32)27-10-9-26-19(31)12-14-3-7-16(25)8-4-14/h3-4,7-8,13,15H,2,5-6,9-12H2,1H3,(H,26,31)(H,27,32)(H,29,33,34). The zero-order chi connectivity index (χ0) is 24.2. The number of aryl methyl sites for hydroxylation is 1. The van der Waals surface area contributed by atoms with Gasteiger partial charge in [-0.1, -0.05) is 19.1 Å². The lowest BCUT2D eigenvalue weighted by molar-refractivity contribution is -0.120. The molecule has 3 N–H and O–H groups in total. The lowest BCUT2D eigenvalue weighted by atomic mass is 10.1. The van der Waals surface area contributed by atoms with Crippen LogP contribution in [-0.4, -0.2) is 39.4 Å². The molecular weight excluding hydrogens is 441 g/mol. The highest BCUT2D eigenvalue weighted by atomic mass is 19.1. The van der Waals surface area contributed by atoms with Gasteiger partial charge in [-0.2, -0.15) is 0 Å². The summed E-state index contributed by atoms with van der Waals surface area (Å²) in [5, 5.41) is 5.51. The van der Waals surface area contributed by atoms with Gasteiger partial charge in [-0.25, -0.2) is 14.2 Å². The molecule has 3 aromatic rings. The molecular formula is C24H26FN5O4. The molecule has 10 heteroatoms. The largest absolute Gasteiger partial charge is 0.354 e. The van der Waals surface area contributed by atoms with Gasteiger partial charge in [0.15, 0.2) is 5.65 Å². The van der Waals surface area contributed by atoms with E-state index in [4.69, 9.17) is 0 Å². The van der Waals surface area contributed by atoms with Crippen LogP contribution in [0.3, 0.4) is 0 Å². The smallest absolute Gasteiger partial charge is 0.329 e. The fraction of sp³-hybridized carbons (Fsp3) is 0.375. The molecule has 4 rings (SSSR count). The number of aromatic amines is 1. The average Bonchev–Trinajstić information content (AvgIpc) is 3.65. The number of hydrogen-bond acceptors (Lipinski definition) is 5. The van der Waals surface area contributed by atoms with Gasteiger partial charge in [-0.3, -0.25) is 23.9 Å². The second kappa shape index (κ2) is 9.98. The number of H-pyrrole nitrogens is 1. The number of pyridine rings is 1. The van der Waals surface area contributed by atoms with E-state index < -0.39 is 17.2 Å². The fourth-order valence-electron chi connectivity index (χ4n) is 3.82. The predicted octanol–water partition coefficient (Wildman–Crippen LogP) is 1.60. The van der Waals surface area contributed by atoms with Gasteiger partial charge in [0.1, 0.15) is 5.82 Å². The minimum absolute atomic E-state index is 0.0790. The van der Waals surface area contributed by atoms with Crippen molar-refractivity contribution in [2.24, 2.45) is 0 Å². The highest BCUT2D eigenvalue weighted by Gasteiger charge is 2.28. The maximum atomic E-state index is 13.0. The van der Waals surface area contributed by atoms with E-state index in [9.17, 15) is 23.6 Å². The first-order valence-electron chi connectivity index (χ1n) is 11.3. The van der Waals surface area contributed by atoms with Gasteiger partial charge >= 0.3 is 5.69 Å². The number of nitrogens with one attached hydrogen (secondary N) is 3. The molecule has 2 amide bonds. The Morgan fingerprint density at radius 3 is 2.53 bits per heavy atom. The summed E-state index contributed by atoms with van der Waals surface area (Å²) in [5.74, 6) is -0.891. The quantitative estimate of drug-likeness (QED) is 0.412. The molecule has 2 aromatic heterocycles. The Balaban J connectivity index is 1.48. The molecule has 0 radical (unpaired) electrons. The second-order valence-corrected chi connectivity index (χ2v) is 8.39. The minimum atomic E-state index is -0.653. The van der Waals surface area contributed by atoms with Crippen molar-refractivity contribution in [2.45, 2.75) is 45.1 Å². The molecule has 1 aromatic carbocycles. The van der Waals surface area contributed by atoms with E-state index in [1.165, 1.54) is 16.7 Å². The Hall–Kier alpha value is -3.82. The van der Waals surface area contributed by atoms with Crippen LogP contribution in [0, 0.1) is 5.82 Å². The average molecular weight is 468 g/mol. The van der Waals surface area contributed by atoms with Crippen molar-refractivity contribution in [1.29, 1.82) is 0 Å². The molecule has 9 nitrogen and oxygen atoms in total. The maximum absolute atomic E-state index is 13.0. The van der Waals surface area contributed by atoms with Crippen molar-refractivity contribution in [2.75, 3.05) is 13.1 Å². The first-order valence-corrected chi connectivity index (χ1v) is 11.3. The van der Waals surface area contributed by atoms with Crippen molar-refractivity contribution >= 4 is 22.8 Å². The van der Waals surface area contributed by atoms with E-state index in [0.717, 1.165) is 12.8 Å². The monoisotopic (exact) mass is 467 g/mol. The molecule has 1 fully saturated rings. The molecule has 0 saturated heterocycles. The Morgan fingerprint density at radius 2 is 1.85 bits per heavy atom. The highest BCUT2D eigenvalue weighted by Crippen LogP contribution is 2.39. The van der Waals surface area contributed by atoms with Crippen LogP contribution in [0.2, 0.25) is 0 Å². The van der Waals surface area contributed by atoms with Crippen LogP contribution in [-0.2, 0) is 17.8 Å². The van der Waals surface area contributed by atoms with Crippen molar-refractivity contribution < 1.29 is 14.0 Å². The van der Waals surface area contributed by atoms with Gasteiger partial charge in [0, 0.05) is 31.2 Å². The van der Waals surface area contributed by atoms with Crippen LogP contribution < -0.4 is 21.9 Å². The number of halogens is 1. The number of amides is 2. The van der Waals surface area contributed by atoms with Crippen LogP contribution in [0.4, 0.5) is 4.39 Å². The normalized spacial score (nSPS) is 13.1. The Kier molecular flexibility index (Phi) is 6.85. The second-order valence-electron chi connectivity index (χ2n) is 8.39. The van der Waals surface area contributed by atoms with Crippen molar-refractivity contribution in [3.63, 3.8) is 0 Å². The van der Waals surface area contributed by atoms with Crippen LogP contribution in [0.5, 0.6) is 0 Å². The molecule has 0 bridgehead atoms. The molecule has 34 heavy (non-hydrogen) atoms. The van der Waals surface area contributed by atoms with Gasteiger partial charge in [0.25, 0.3) is 11.5 Å². The van der Waals surface area contributed by atoms with E-state index in [0.29, 0.717) is 24.2 Å². The number of fused-ring (bicyclic) bond motifs is 1. The van der Waals surface area contributed by atoms with E-state index >= 15 is 0 Å². The number of aromatic nitrogens is 3. The molecule has 0 spiro atoms. The Labute approximate surface area is 194 Å². The SMILES string of the molecule is CCCn1c(=O)[nH]c(=O)c2c(C(=O)NCCNC(=O)Cc3ccc(F)cc3)cc(C3CC3)nc21. The van der Waals surface area contributed by atoms with E-state index in [2.05, 4.69) is 20.6 Å². The predicted molar refractivity (Wildman–Crippen MR) is 124 cm³/mol. The number of benzene rings is 1. The molecule has 1 aliphatic rings. The number of nitrogens with zero attached hydrogens (tertiary/aromatic N) is 2. The van der Waals surface area contributed by atoms with Crippen molar-refractivity contribution in [1.82, 2.24) is 25.2 Å². The number of hydrogen-bond donors (Lipinski definition) is 3. The van der Waals surface area contributed by atoms with Crippen LogP contribution in [0.25, 0.3) is 11.0 Å². The third-order valence-corrected chi connectivity index (χ3v) is 5.67. The van der Waals surface area contributed by atoms with Gasteiger partial charge in [0.05, 0.1) is 17.4 Å². The third kappa shape index (κ3) is 5.22. The summed E-state index contributed by atoms with van der Waals surface area (Å²) in [5.41, 5.74) is 0.555. The summed E-state index contributed by atoms with van der Waals surface area (Å²) >= 11 is 0. The van der Waals surface area contributed by atoms with Crippen molar-refractivity contribution in [3.05, 3.63) is 73.8 Å². The summed E-state index contributed by atoms with van der Waals surface area (Å²) in [4.78, 5) is 56.9. The molecule has 0 aliphatic heterocycles.